The van der Waals surface area contributed by atoms with Crippen LogP contribution in [0.1, 0.15) is 39.5 Å². The highest BCUT2D eigenvalue weighted by molar-refractivity contribution is 5.92. The van der Waals surface area contributed by atoms with Crippen molar-refractivity contribution in [3.8, 4) is 0 Å². The first-order valence-corrected chi connectivity index (χ1v) is 7.74. The van der Waals surface area contributed by atoms with E-state index < -0.39 is 23.0 Å². The summed E-state index contributed by atoms with van der Waals surface area (Å²) < 4.78 is 5.77. The predicted molar refractivity (Wildman–Crippen MR) is 75.5 cm³/mol. The molecule has 3 aliphatic rings. The third-order valence-electron chi connectivity index (χ3n) is 5.71. The van der Waals surface area contributed by atoms with Gasteiger partial charge in [-0.2, -0.15) is 0 Å². The minimum absolute atomic E-state index is 0.00815. The first kappa shape index (κ1) is 14.8. The lowest BCUT2D eigenvalue weighted by atomic mass is 9.46. The van der Waals surface area contributed by atoms with Crippen molar-refractivity contribution in [1.29, 1.82) is 0 Å². The van der Waals surface area contributed by atoms with Gasteiger partial charge in [0, 0.05) is 17.9 Å². The van der Waals surface area contributed by atoms with Gasteiger partial charge in [0.2, 0.25) is 5.91 Å². The second-order valence-electron chi connectivity index (χ2n) is 7.26. The van der Waals surface area contributed by atoms with Crippen LogP contribution in [0.2, 0.25) is 0 Å². The number of fused-ring (bicyclic) bond motifs is 1. The van der Waals surface area contributed by atoms with E-state index in [1.807, 2.05) is 13.8 Å². The van der Waals surface area contributed by atoms with Crippen molar-refractivity contribution in [1.82, 2.24) is 5.32 Å². The maximum absolute atomic E-state index is 12.7. The summed E-state index contributed by atoms with van der Waals surface area (Å²) in [7, 11) is 0. The quantitative estimate of drug-likeness (QED) is 0.701. The lowest BCUT2D eigenvalue weighted by Crippen LogP contribution is -2.82. The van der Waals surface area contributed by atoms with Crippen LogP contribution < -0.4 is 11.1 Å². The van der Waals surface area contributed by atoms with Gasteiger partial charge in [0.25, 0.3) is 0 Å². The number of nitrogens with two attached hydrogens (primary N) is 1. The Bertz CT molecular complexity index is 474. The van der Waals surface area contributed by atoms with Gasteiger partial charge in [0.1, 0.15) is 11.6 Å². The summed E-state index contributed by atoms with van der Waals surface area (Å²) in [5, 5.41) is 12.0. The second-order valence-corrected chi connectivity index (χ2v) is 7.26. The van der Waals surface area contributed by atoms with Crippen molar-refractivity contribution in [2.45, 2.75) is 57.2 Å². The minimum atomic E-state index is -1.04. The van der Waals surface area contributed by atoms with E-state index >= 15 is 0 Å². The fraction of sp³-hybridized carbons (Fsp3) is 0.867. The number of hydrogen-bond donors (Lipinski definition) is 3. The van der Waals surface area contributed by atoms with E-state index in [9.17, 15) is 14.7 Å². The van der Waals surface area contributed by atoms with Gasteiger partial charge >= 0.3 is 5.97 Å². The molecular weight excluding hydrogens is 272 g/mol. The predicted octanol–water partition coefficient (Wildman–Crippen LogP) is 0.498. The summed E-state index contributed by atoms with van der Waals surface area (Å²) in [5.74, 6) is -1.27. The number of amides is 1. The molecule has 4 atom stereocenters. The molecule has 0 bridgehead atoms. The van der Waals surface area contributed by atoms with Gasteiger partial charge in [-0.1, -0.05) is 13.8 Å². The molecule has 1 saturated heterocycles. The molecule has 0 aromatic heterocycles. The standard InChI is InChI=1S/C15H24N2O4/c1-14(2)11-9(4-3-7-21-11)15(14,16)13(20)17-10(12(18)19)8-5-6-8/h8-11H,3-7,16H2,1-2H3,(H,17,20)(H,18,19). The van der Waals surface area contributed by atoms with Gasteiger partial charge in [-0.15, -0.1) is 0 Å². The fourth-order valence-corrected chi connectivity index (χ4v) is 4.11. The average molecular weight is 296 g/mol. The Balaban J connectivity index is 1.77. The van der Waals surface area contributed by atoms with E-state index in [2.05, 4.69) is 5.32 Å². The Hall–Kier alpha value is -1.14. The molecule has 4 unspecified atom stereocenters. The molecule has 3 rings (SSSR count). The number of carbonyl (C=O) groups is 2. The maximum atomic E-state index is 12.7. The van der Waals surface area contributed by atoms with Crippen LogP contribution >= 0.6 is 0 Å². The van der Waals surface area contributed by atoms with E-state index in [1.165, 1.54) is 0 Å². The molecular formula is C15H24N2O4. The average Bonchev–Trinajstić information content (AvgIpc) is 3.27. The lowest BCUT2D eigenvalue weighted by Gasteiger charge is -2.65. The van der Waals surface area contributed by atoms with Gasteiger partial charge < -0.3 is 20.9 Å². The van der Waals surface area contributed by atoms with Gasteiger partial charge in [0.15, 0.2) is 0 Å². The zero-order chi connectivity index (χ0) is 15.4. The number of ether oxygens (including phenoxy) is 1. The largest absolute Gasteiger partial charge is 0.480 e. The minimum Gasteiger partial charge on any atom is -0.480 e. The topological polar surface area (TPSA) is 102 Å². The summed E-state index contributed by atoms with van der Waals surface area (Å²) in [4.78, 5) is 24.0. The smallest absolute Gasteiger partial charge is 0.326 e. The van der Waals surface area contributed by atoms with E-state index in [0.29, 0.717) is 6.61 Å². The molecule has 0 aromatic carbocycles. The molecule has 2 saturated carbocycles. The highest BCUT2D eigenvalue weighted by atomic mass is 16.5. The van der Waals surface area contributed by atoms with Crippen LogP contribution in [0.4, 0.5) is 0 Å². The zero-order valence-corrected chi connectivity index (χ0v) is 12.6. The third-order valence-corrected chi connectivity index (χ3v) is 5.71. The first-order chi connectivity index (χ1) is 9.80. The molecule has 1 heterocycles. The molecule has 6 heteroatoms. The summed E-state index contributed by atoms with van der Waals surface area (Å²) in [5.41, 5.74) is 4.94. The van der Waals surface area contributed by atoms with Crippen molar-refractivity contribution < 1.29 is 19.4 Å². The number of aliphatic carboxylic acids is 1. The van der Waals surface area contributed by atoms with Crippen molar-refractivity contribution in [2.24, 2.45) is 23.0 Å². The molecule has 0 radical (unpaired) electrons. The van der Waals surface area contributed by atoms with Crippen LogP contribution in [0.15, 0.2) is 0 Å². The Labute approximate surface area is 124 Å². The van der Waals surface area contributed by atoms with Crippen LogP contribution in [-0.2, 0) is 14.3 Å². The van der Waals surface area contributed by atoms with Crippen molar-refractivity contribution in [2.75, 3.05) is 6.61 Å². The van der Waals surface area contributed by atoms with Gasteiger partial charge in [-0.25, -0.2) is 4.79 Å². The van der Waals surface area contributed by atoms with Crippen LogP contribution in [0, 0.1) is 17.3 Å². The molecule has 118 valence electrons. The Kier molecular flexibility index (Phi) is 3.29. The van der Waals surface area contributed by atoms with E-state index in [-0.39, 0.29) is 23.8 Å². The SMILES string of the molecule is CC1(C)C2OCCCC2C1(N)C(=O)NC(C(=O)O)C1CC1. The Morgan fingerprint density at radius 2 is 2.00 bits per heavy atom. The zero-order valence-electron chi connectivity index (χ0n) is 12.6. The summed E-state index contributed by atoms with van der Waals surface area (Å²) in [6, 6.07) is -0.808. The van der Waals surface area contributed by atoms with E-state index in [1.54, 1.807) is 0 Å². The maximum Gasteiger partial charge on any atom is 0.326 e. The summed E-state index contributed by atoms with van der Waals surface area (Å²) in [6.45, 7) is 4.58. The number of carboxylic acids is 1. The number of nitrogens with one attached hydrogen (secondary N) is 1. The van der Waals surface area contributed by atoms with Crippen molar-refractivity contribution in [3.63, 3.8) is 0 Å². The molecule has 6 nitrogen and oxygen atoms in total. The molecule has 1 amide bonds. The van der Waals surface area contributed by atoms with Gasteiger partial charge in [0.05, 0.1) is 6.10 Å². The summed E-state index contributed by atoms with van der Waals surface area (Å²) in [6.07, 6.45) is 3.46. The number of carboxylic acid groups (broad SMARTS) is 1. The van der Waals surface area contributed by atoms with Crippen LogP contribution in [-0.4, -0.2) is 41.3 Å². The fourth-order valence-electron chi connectivity index (χ4n) is 4.11. The molecule has 0 spiro atoms. The third kappa shape index (κ3) is 1.99. The normalized spacial score (nSPS) is 38.8. The highest BCUT2D eigenvalue weighted by Gasteiger charge is 2.70. The molecule has 3 fully saturated rings. The number of hydrogen-bond acceptors (Lipinski definition) is 4. The first-order valence-electron chi connectivity index (χ1n) is 7.74. The second kappa shape index (κ2) is 4.68. The molecule has 4 N–H and O–H groups in total. The number of carbonyl (C=O) groups excluding carboxylic acids is 1. The van der Waals surface area contributed by atoms with Gasteiger partial charge in [-0.3, -0.25) is 4.79 Å². The number of rotatable bonds is 4. The van der Waals surface area contributed by atoms with E-state index in [0.717, 1.165) is 25.7 Å². The molecule has 0 aromatic rings. The van der Waals surface area contributed by atoms with Crippen molar-refractivity contribution in [3.05, 3.63) is 0 Å². The van der Waals surface area contributed by atoms with Gasteiger partial charge in [-0.05, 0) is 31.6 Å². The summed E-state index contributed by atoms with van der Waals surface area (Å²) >= 11 is 0. The highest BCUT2D eigenvalue weighted by Crippen LogP contribution is 2.57. The Morgan fingerprint density at radius 1 is 1.33 bits per heavy atom. The molecule has 21 heavy (non-hydrogen) atoms. The van der Waals surface area contributed by atoms with E-state index in [4.69, 9.17) is 10.5 Å². The van der Waals surface area contributed by atoms with Crippen LogP contribution in [0.25, 0.3) is 0 Å². The molecule has 1 aliphatic heterocycles. The van der Waals surface area contributed by atoms with Crippen LogP contribution in [0.3, 0.4) is 0 Å². The lowest BCUT2D eigenvalue weighted by molar-refractivity contribution is -0.225. The van der Waals surface area contributed by atoms with Crippen LogP contribution in [0.5, 0.6) is 0 Å². The molecule has 2 aliphatic carbocycles. The Morgan fingerprint density at radius 3 is 2.57 bits per heavy atom. The van der Waals surface area contributed by atoms with Crippen molar-refractivity contribution >= 4 is 11.9 Å². The monoisotopic (exact) mass is 296 g/mol.